The molecule has 4 atom stereocenters. The number of alkyl carbamates (subject to hydrolysis) is 2. The number of rotatable bonds is 7. The van der Waals surface area contributed by atoms with E-state index in [1.54, 1.807) is 25.7 Å². The molecule has 4 rings (SSSR count). The zero-order valence-electron chi connectivity index (χ0n) is 27.1. The standard InChI is InChI=1S/C34H46N4O7/c1-33(2,3)28(36-32(42)45-34(4,5)6)30(40)38-18-17-25(35-31(41)44-22-23-13-9-7-10-14-23)27(38)29(39)37-19-20-43-26(21-37)24-15-11-8-12-16-24/h7-16,25-28H,17-22H2,1-6H3,(H,35,41)(H,36,42)/t25-,26+,27+,28-/m1/s1. The van der Waals surface area contributed by atoms with Crippen molar-refractivity contribution >= 4 is 24.0 Å². The average Bonchev–Trinajstić information content (AvgIpc) is 3.41. The highest BCUT2D eigenvalue weighted by Crippen LogP contribution is 2.29. The van der Waals surface area contributed by atoms with E-state index in [0.29, 0.717) is 26.1 Å². The number of benzene rings is 2. The molecule has 2 heterocycles. The van der Waals surface area contributed by atoms with Gasteiger partial charge in [-0.3, -0.25) is 9.59 Å². The van der Waals surface area contributed by atoms with Crippen molar-refractivity contribution in [2.45, 2.75) is 84.4 Å². The summed E-state index contributed by atoms with van der Waals surface area (Å²) in [6.07, 6.45) is -1.40. The highest BCUT2D eigenvalue weighted by Gasteiger charge is 2.48. The van der Waals surface area contributed by atoms with Crippen LogP contribution in [0.15, 0.2) is 60.7 Å². The third-order valence-corrected chi connectivity index (χ3v) is 7.77. The number of nitrogens with zero attached hydrogens (tertiary/aromatic N) is 2. The molecule has 0 unspecified atom stereocenters. The van der Waals surface area contributed by atoms with E-state index in [1.165, 1.54) is 4.90 Å². The summed E-state index contributed by atoms with van der Waals surface area (Å²) in [5.41, 5.74) is 0.301. The Balaban J connectivity index is 1.57. The molecular formula is C34H46N4O7. The Morgan fingerprint density at radius 1 is 0.911 bits per heavy atom. The van der Waals surface area contributed by atoms with E-state index in [4.69, 9.17) is 14.2 Å². The second-order valence-corrected chi connectivity index (χ2v) is 13.6. The van der Waals surface area contributed by atoms with Gasteiger partial charge in [0.05, 0.1) is 19.2 Å². The van der Waals surface area contributed by atoms with Crippen molar-refractivity contribution in [2.24, 2.45) is 5.41 Å². The molecule has 2 N–H and O–H groups in total. The topological polar surface area (TPSA) is 127 Å². The summed E-state index contributed by atoms with van der Waals surface area (Å²) in [6, 6.07) is 16.2. The van der Waals surface area contributed by atoms with E-state index < -0.39 is 47.2 Å². The molecule has 2 aliphatic heterocycles. The third kappa shape index (κ3) is 9.20. The SMILES string of the molecule is CC(C)(C)OC(=O)N[C@H](C(=O)N1CC[C@@H](NC(=O)OCc2ccccc2)[C@H]1C(=O)N1CCO[C@H](c2ccccc2)C1)C(C)(C)C. The zero-order chi connectivity index (χ0) is 32.8. The molecule has 11 nitrogen and oxygen atoms in total. The van der Waals surface area contributed by atoms with E-state index >= 15 is 0 Å². The minimum atomic E-state index is -1.01. The molecule has 0 saturated carbocycles. The van der Waals surface area contributed by atoms with Crippen LogP contribution in [-0.4, -0.2) is 83.8 Å². The molecule has 2 saturated heterocycles. The highest BCUT2D eigenvalue weighted by molar-refractivity contribution is 5.93. The van der Waals surface area contributed by atoms with Crippen molar-refractivity contribution in [1.82, 2.24) is 20.4 Å². The van der Waals surface area contributed by atoms with Gasteiger partial charge in [0.1, 0.15) is 30.4 Å². The lowest BCUT2D eigenvalue weighted by Crippen LogP contribution is -2.62. The van der Waals surface area contributed by atoms with Crippen LogP contribution in [0.5, 0.6) is 0 Å². The molecule has 45 heavy (non-hydrogen) atoms. The second-order valence-electron chi connectivity index (χ2n) is 13.6. The Bertz CT molecular complexity index is 1320. The van der Waals surface area contributed by atoms with Crippen molar-refractivity contribution in [1.29, 1.82) is 0 Å². The number of hydrogen-bond donors (Lipinski definition) is 2. The highest BCUT2D eigenvalue weighted by atomic mass is 16.6. The molecule has 0 radical (unpaired) electrons. The lowest BCUT2D eigenvalue weighted by atomic mass is 9.85. The molecule has 0 spiro atoms. The number of amides is 4. The molecule has 2 fully saturated rings. The minimum Gasteiger partial charge on any atom is -0.445 e. The second kappa shape index (κ2) is 14.3. The summed E-state index contributed by atoms with van der Waals surface area (Å²) in [5.74, 6) is -0.732. The van der Waals surface area contributed by atoms with Crippen molar-refractivity contribution in [2.75, 3.05) is 26.2 Å². The molecule has 2 aromatic rings. The van der Waals surface area contributed by atoms with Crippen molar-refractivity contribution in [3.8, 4) is 0 Å². The molecule has 2 aromatic carbocycles. The Hall–Kier alpha value is -4.12. The molecular weight excluding hydrogens is 576 g/mol. The molecule has 244 valence electrons. The fraction of sp³-hybridized carbons (Fsp3) is 0.529. The first-order valence-electron chi connectivity index (χ1n) is 15.5. The van der Waals surface area contributed by atoms with Gasteiger partial charge in [-0.05, 0) is 43.7 Å². The normalized spacial score (nSPS) is 21.1. The van der Waals surface area contributed by atoms with Gasteiger partial charge < -0.3 is 34.6 Å². The van der Waals surface area contributed by atoms with Crippen LogP contribution in [0.2, 0.25) is 0 Å². The van der Waals surface area contributed by atoms with Crippen LogP contribution in [0.1, 0.15) is 65.2 Å². The average molecular weight is 623 g/mol. The Kier molecular flexibility index (Phi) is 10.7. The van der Waals surface area contributed by atoms with Crippen LogP contribution in [-0.2, 0) is 30.4 Å². The zero-order valence-corrected chi connectivity index (χ0v) is 27.1. The molecule has 0 aromatic heterocycles. The first-order chi connectivity index (χ1) is 21.2. The Morgan fingerprint density at radius 2 is 1.56 bits per heavy atom. The molecule has 4 amide bonds. The van der Waals surface area contributed by atoms with Gasteiger partial charge in [-0.15, -0.1) is 0 Å². The maximum Gasteiger partial charge on any atom is 0.408 e. The van der Waals surface area contributed by atoms with E-state index in [0.717, 1.165) is 11.1 Å². The van der Waals surface area contributed by atoms with Crippen LogP contribution in [0.4, 0.5) is 9.59 Å². The van der Waals surface area contributed by atoms with Crippen molar-refractivity contribution in [3.05, 3.63) is 71.8 Å². The minimum absolute atomic E-state index is 0.0643. The maximum atomic E-state index is 14.3. The van der Waals surface area contributed by atoms with Crippen LogP contribution >= 0.6 is 0 Å². The van der Waals surface area contributed by atoms with Gasteiger partial charge in [0, 0.05) is 13.1 Å². The lowest BCUT2D eigenvalue weighted by Gasteiger charge is -2.39. The summed E-state index contributed by atoms with van der Waals surface area (Å²) < 4.78 is 16.9. The number of carbonyl (C=O) groups excluding carboxylic acids is 4. The summed E-state index contributed by atoms with van der Waals surface area (Å²) in [4.78, 5) is 57.5. The largest absolute Gasteiger partial charge is 0.445 e. The van der Waals surface area contributed by atoms with E-state index in [-0.39, 0.29) is 25.2 Å². The first-order valence-corrected chi connectivity index (χ1v) is 15.5. The summed E-state index contributed by atoms with van der Waals surface area (Å²) in [5, 5.41) is 5.59. The number of nitrogens with one attached hydrogen (secondary N) is 2. The molecule has 2 aliphatic rings. The van der Waals surface area contributed by atoms with Crippen molar-refractivity contribution < 1.29 is 33.4 Å². The van der Waals surface area contributed by atoms with Gasteiger partial charge in [-0.2, -0.15) is 0 Å². The smallest absolute Gasteiger partial charge is 0.408 e. The van der Waals surface area contributed by atoms with Gasteiger partial charge in [0.25, 0.3) is 0 Å². The Morgan fingerprint density at radius 3 is 2.18 bits per heavy atom. The van der Waals surface area contributed by atoms with Crippen LogP contribution < -0.4 is 10.6 Å². The molecule has 0 aliphatic carbocycles. The maximum absolute atomic E-state index is 14.3. The summed E-state index contributed by atoms with van der Waals surface area (Å²) in [6.45, 7) is 12.0. The van der Waals surface area contributed by atoms with Crippen LogP contribution in [0.25, 0.3) is 0 Å². The number of ether oxygens (including phenoxy) is 3. The van der Waals surface area contributed by atoms with Gasteiger partial charge in [0.2, 0.25) is 11.8 Å². The first kappa shape index (κ1) is 33.8. The van der Waals surface area contributed by atoms with Gasteiger partial charge in [0.15, 0.2) is 0 Å². The number of carbonyl (C=O) groups is 4. The monoisotopic (exact) mass is 622 g/mol. The summed E-state index contributed by atoms with van der Waals surface area (Å²) >= 11 is 0. The Labute approximate surface area is 265 Å². The predicted octanol–water partition coefficient (Wildman–Crippen LogP) is 4.42. The lowest BCUT2D eigenvalue weighted by molar-refractivity contribution is -0.151. The third-order valence-electron chi connectivity index (χ3n) is 7.77. The number of morpholine rings is 1. The van der Waals surface area contributed by atoms with Crippen LogP contribution in [0, 0.1) is 5.41 Å². The van der Waals surface area contributed by atoms with E-state index in [2.05, 4.69) is 10.6 Å². The van der Waals surface area contributed by atoms with Gasteiger partial charge in [-0.25, -0.2) is 9.59 Å². The fourth-order valence-electron chi connectivity index (χ4n) is 5.56. The number of likely N-dealkylation sites (tertiary alicyclic amines) is 1. The number of hydrogen-bond acceptors (Lipinski definition) is 7. The van der Waals surface area contributed by atoms with Gasteiger partial charge in [-0.1, -0.05) is 81.4 Å². The molecule has 11 heteroatoms. The van der Waals surface area contributed by atoms with Crippen LogP contribution in [0.3, 0.4) is 0 Å². The fourth-order valence-corrected chi connectivity index (χ4v) is 5.56. The van der Waals surface area contributed by atoms with E-state index in [1.807, 2.05) is 81.4 Å². The molecule has 0 bridgehead atoms. The van der Waals surface area contributed by atoms with Gasteiger partial charge >= 0.3 is 12.2 Å². The predicted molar refractivity (Wildman–Crippen MR) is 168 cm³/mol. The van der Waals surface area contributed by atoms with E-state index in [9.17, 15) is 19.2 Å². The quantitative estimate of drug-likeness (QED) is 0.468. The summed E-state index contributed by atoms with van der Waals surface area (Å²) in [7, 11) is 0. The van der Waals surface area contributed by atoms with Crippen molar-refractivity contribution in [3.63, 3.8) is 0 Å².